The summed E-state index contributed by atoms with van der Waals surface area (Å²) in [6.07, 6.45) is 11.8. The molecule has 0 aliphatic heterocycles. The molecule has 1 aliphatic carbocycles. The smallest absolute Gasteiger partial charge is 0.0447 e. The normalized spacial score (nSPS) is 20.7. The van der Waals surface area contributed by atoms with Gasteiger partial charge in [-0.25, -0.2) is 0 Å². The third-order valence-corrected chi connectivity index (χ3v) is 4.69. The van der Waals surface area contributed by atoms with Crippen LogP contribution in [0.4, 0.5) is 0 Å². The minimum atomic E-state index is 0.495. The lowest BCUT2D eigenvalue weighted by Crippen LogP contribution is -2.33. The summed E-state index contributed by atoms with van der Waals surface area (Å²) in [5.41, 5.74) is 1.22. The quantitative estimate of drug-likeness (QED) is 0.805. The molecular formula is C17H28N2. The summed E-state index contributed by atoms with van der Waals surface area (Å²) in [5, 5.41) is 3.53. The van der Waals surface area contributed by atoms with Gasteiger partial charge >= 0.3 is 0 Å². The van der Waals surface area contributed by atoms with Gasteiger partial charge in [0.1, 0.15) is 0 Å². The molecule has 0 bridgehead atoms. The fourth-order valence-electron chi connectivity index (χ4n) is 3.38. The summed E-state index contributed by atoms with van der Waals surface area (Å²) in [6.45, 7) is 2.31. The largest absolute Gasteiger partial charge is 0.316 e. The molecule has 1 N–H and O–H groups in total. The molecule has 0 aromatic carbocycles. The zero-order chi connectivity index (χ0) is 13.5. The molecule has 0 saturated heterocycles. The maximum absolute atomic E-state index is 4.52. The zero-order valence-electron chi connectivity index (χ0n) is 12.4. The molecule has 1 fully saturated rings. The minimum Gasteiger partial charge on any atom is -0.316 e. The van der Waals surface area contributed by atoms with Gasteiger partial charge in [-0.05, 0) is 31.5 Å². The maximum Gasteiger partial charge on any atom is 0.0447 e. The molecule has 2 rings (SSSR count). The highest BCUT2D eigenvalue weighted by Gasteiger charge is 2.23. The van der Waals surface area contributed by atoms with Gasteiger partial charge in [-0.2, -0.15) is 0 Å². The Hall–Kier alpha value is -0.890. The highest BCUT2D eigenvalue weighted by Crippen LogP contribution is 2.30. The molecule has 0 spiro atoms. The van der Waals surface area contributed by atoms with Crippen LogP contribution < -0.4 is 5.32 Å². The Kier molecular flexibility index (Phi) is 5.84. The fraction of sp³-hybridized carbons (Fsp3) is 0.706. The van der Waals surface area contributed by atoms with Crippen LogP contribution in [0.1, 0.15) is 63.5 Å². The van der Waals surface area contributed by atoms with Crippen molar-refractivity contribution in [2.24, 2.45) is 5.92 Å². The van der Waals surface area contributed by atoms with Gasteiger partial charge in [0.05, 0.1) is 0 Å². The van der Waals surface area contributed by atoms with Crippen LogP contribution in [-0.2, 0) is 0 Å². The summed E-state index contributed by atoms with van der Waals surface area (Å²) in [5.74, 6) is 1.40. The average molecular weight is 260 g/mol. The Morgan fingerprint density at radius 2 is 1.95 bits per heavy atom. The van der Waals surface area contributed by atoms with Crippen molar-refractivity contribution in [1.29, 1.82) is 0 Å². The lowest BCUT2D eigenvalue weighted by Gasteiger charge is -2.27. The van der Waals surface area contributed by atoms with Gasteiger partial charge in [0.2, 0.25) is 0 Å². The number of nitrogens with zero attached hydrogens (tertiary/aromatic N) is 1. The molecule has 0 amide bonds. The maximum atomic E-state index is 4.52. The lowest BCUT2D eigenvalue weighted by atomic mass is 9.86. The predicted octanol–water partition coefficient (Wildman–Crippen LogP) is 4.13. The van der Waals surface area contributed by atoms with Crippen LogP contribution >= 0.6 is 0 Å². The third kappa shape index (κ3) is 4.31. The first-order chi connectivity index (χ1) is 9.31. The van der Waals surface area contributed by atoms with Gasteiger partial charge in [0.15, 0.2) is 0 Å². The summed E-state index contributed by atoms with van der Waals surface area (Å²) in [6, 6.07) is 6.80. The highest BCUT2D eigenvalue weighted by atomic mass is 14.9. The van der Waals surface area contributed by atoms with Crippen molar-refractivity contribution in [3.63, 3.8) is 0 Å². The van der Waals surface area contributed by atoms with Crippen molar-refractivity contribution in [2.75, 3.05) is 7.05 Å². The number of hydrogen-bond acceptors (Lipinski definition) is 2. The Morgan fingerprint density at radius 3 is 2.53 bits per heavy atom. The van der Waals surface area contributed by atoms with Gasteiger partial charge in [0, 0.05) is 23.9 Å². The number of hydrogen-bond donors (Lipinski definition) is 1. The van der Waals surface area contributed by atoms with Crippen molar-refractivity contribution in [1.82, 2.24) is 10.3 Å². The van der Waals surface area contributed by atoms with Crippen LogP contribution in [0.15, 0.2) is 24.4 Å². The van der Waals surface area contributed by atoms with Crippen LogP contribution in [0.2, 0.25) is 0 Å². The molecule has 1 aromatic rings. The van der Waals surface area contributed by atoms with Gasteiger partial charge in [-0.3, -0.25) is 4.98 Å². The van der Waals surface area contributed by atoms with Crippen molar-refractivity contribution < 1.29 is 0 Å². The summed E-state index contributed by atoms with van der Waals surface area (Å²) < 4.78 is 0. The topological polar surface area (TPSA) is 24.9 Å². The van der Waals surface area contributed by atoms with E-state index in [0.717, 1.165) is 5.92 Å². The number of rotatable bonds is 5. The van der Waals surface area contributed by atoms with Crippen molar-refractivity contribution in [3.8, 4) is 0 Å². The molecule has 0 radical (unpaired) electrons. The second-order valence-electron chi connectivity index (χ2n) is 6.03. The molecule has 19 heavy (non-hydrogen) atoms. The van der Waals surface area contributed by atoms with Crippen LogP contribution in [0.3, 0.4) is 0 Å². The molecular weight excluding hydrogens is 232 g/mol. The van der Waals surface area contributed by atoms with E-state index in [-0.39, 0.29) is 0 Å². The molecule has 1 heterocycles. The van der Waals surface area contributed by atoms with Crippen LogP contribution in [0.25, 0.3) is 0 Å². The molecule has 2 atom stereocenters. The first kappa shape index (κ1) is 14.5. The minimum absolute atomic E-state index is 0.495. The number of pyridine rings is 1. The molecule has 2 heteroatoms. The van der Waals surface area contributed by atoms with E-state index in [0.29, 0.717) is 12.0 Å². The van der Waals surface area contributed by atoms with Gasteiger partial charge in [-0.15, -0.1) is 0 Å². The molecule has 2 nitrogen and oxygen atoms in total. The second kappa shape index (κ2) is 7.64. The van der Waals surface area contributed by atoms with Crippen LogP contribution in [-0.4, -0.2) is 18.1 Å². The lowest BCUT2D eigenvalue weighted by molar-refractivity contribution is 0.335. The van der Waals surface area contributed by atoms with Gasteiger partial charge < -0.3 is 5.32 Å². The molecule has 2 unspecified atom stereocenters. The van der Waals surface area contributed by atoms with Crippen LogP contribution in [0.5, 0.6) is 0 Å². The standard InChI is InChI=1S/C17H28N2/c1-14(16-11-7-8-12-19-16)17(18-2)13-15-9-5-3-4-6-10-15/h7-8,11-12,14-15,17-18H,3-6,9-10,13H2,1-2H3. The number of nitrogens with one attached hydrogen (secondary N) is 1. The van der Waals surface area contributed by atoms with Crippen molar-refractivity contribution in [2.45, 2.75) is 63.8 Å². The molecule has 1 aliphatic rings. The summed E-state index contributed by atoms with van der Waals surface area (Å²) in [7, 11) is 2.10. The molecule has 106 valence electrons. The predicted molar refractivity (Wildman–Crippen MR) is 81.3 cm³/mol. The van der Waals surface area contributed by atoms with Crippen molar-refractivity contribution >= 4 is 0 Å². The Labute approximate surface area is 118 Å². The van der Waals surface area contributed by atoms with E-state index >= 15 is 0 Å². The third-order valence-electron chi connectivity index (χ3n) is 4.69. The Bertz CT molecular complexity index is 342. The van der Waals surface area contributed by atoms with E-state index in [2.05, 4.69) is 36.4 Å². The SMILES string of the molecule is CNC(CC1CCCCCC1)C(C)c1ccccn1. The van der Waals surface area contributed by atoms with Gasteiger partial charge in [0.25, 0.3) is 0 Å². The van der Waals surface area contributed by atoms with E-state index in [9.17, 15) is 0 Å². The van der Waals surface area contributed by atoms with E-state index < -0.39 is 0 Å². The van der Waals surface area contributed by atoms with E-state index in [1.54, 1.807) is 0 Å². The number of aromatic nitrogens is 1. The van der Waals surface area contributed by atoms with E-state index in [1.165, 1.54) is 50.6 Å². The first-order valence-electron chi connectivity index (χ1n) is 7.89. The van der Waals surface area contributed by atoms with Crippen molar-refractivity contribution in [3.05, 3.63) is 30.1 Å². The number of likely N-dealkylation sites (N-methyl/N-ethyl adjacent to an activating group) is 1. The highest BCUT2D eigenvalue weighted by molar-refractivity contribution is 5.11. The van der Waals surface area contributed by atoms with E-state index in [4.69, 9.17) is 0 Å². The van der Waals surface area contributed by atoms with Gasteiger partial charge in [-0.1, -0.05) is 51.5 Å². The molecule has 1 aromatic heterocycles. The monoisotopic (exact) mass is 260 g/mol. The first-order valence-corrected chi connectivity index (χ1v) is 7.89. The van der Waals surface area contributed by atoms with E-state index in [1.807, 2.05) is 12.3 Å². The summed E-state index contributed by atoms with van der Waals surface area (Å²) >= 11 is 0. The van der Waals surface area contributed by atoms with Crippen LogP contribution in [0, 0.1) is 5.92 Å². The Balaban J connectivity index is 1.95. The second-order valence-corrected chi connectivity index (χ2v) is 6.03. The zero-order valence-corrected chi connectivity index (χ0v) is 12.4. The fourth-order valence-corrected chi connectivity index (χ4v) is 3.38. The molecule has 1 saturated carbocycles. The average Bonchev–Trinajstić information content (AvgIpc) is 2.73. The summed E-state index contributed by atoms with van der Waals surface area (Å²) in [4.78, 5) is 4.52. The Morgan fingerprint density at radius 1 is 1.21 bits per heavy atom.